The number of amides is 3. The van der Waals surface area contributed by atoms with Crippen LogP contribution in [-0.2, 0) is 23.7 Å². The fourth-order valence-electron chi connectivity index (χ4n) is 7.60. The van der Waals surface area contributed by atoms with E-state index in [4.69, 9.17) is 17.7 Å². The fraction of sp³-hybridized carbons (Fsp3) is 0.886. The largest absolute Gasteiger partial charge is 0.444 e. The van der Waals surface area contributed by atoms with Crippen LogP contribution in [0.2, 0.25) is 0 Å². The fourth-order valence-corrected chi connectivity index (χ4v) is 8.46. The van der Waals surface area contributed by atoms with Crippen molar-refractivity contribution in [3.05, 3.63) is 11.8 Å². The molecule has 4 rings (SSSR count). The molecular weight excluding hydrogens is 664 g/mol. The molecule has 1 aromatic rings. The van der Waals surface area contributed by atoms with Gasteiger partial charge in [-0.15, -0.1) is 14.5 Å². The van der Waals surface area contributed by atoms with E-state index >= 15 is 0 Å². The van der Waals surface area contributed by atoms with Crippen molar-refractivity contribution in [1.82, 2.24) is 30.5 Å². The summed E-state index contributed by atoms with van der Waals surface area (Å²) in [5, 5.41) is 14.2. The maximum absolute atomic E-state index is 13.7. The van der Waals surface area contributed by atoms with E-state index in [0.717, 1.165) is 95.0 Å². The Hall–Kier alpha value is -2.49. The van der Waals surface area contributed by atoms with Gasteiger partial charge in [-0.05, 0) is 85.0 Å². The summed E-state index contributed by atoms with van der Waals surface area (Å²) in [7, 11) is -4.61. The summed E-state index contributed by atoms with van der Waals surface area (Å²) in [6, 6.07) is -1.47. The summed E-state index contributed by atoms with van der Waals surface area (Å²) in [4.78, 5) is 27.4. The molecule has 3 heterocycles. The number of nitrogens with one attached hydrogen (secondary N) is 1. The standard InChI is InChI=1S/C35H62N6O8S/c1-8-12-22-35(21-11-4,23-13-9-2)40(24-14-10-3)48-50(44,45)49-41-28-19-20-29(39(25-28)33(41)43)31-38-37-30(46-31)26-15-17-27(18-16-26)36-32(42)47-34(5,6)7/h26-29H,8-25H2,1-7H3,(H,36,42)/t26-,27-,28-,29+/m1/s1. The number of piperidine rings is 1. The minimum atomic E-state index is -4.61. The van der Waals surface area contributed by atoms with Gasteiger partial charge in [0.2, 0.25) is 11.8 Å². The van der Waals surface area contributed by atoms with Gasteiger partial charge in [0.25, 0.3) is 0 Å². The van der Waals surface area contributed by atoms with Crippen molar-refractivity contribution in [2.45, 2.75) is 186 Å². The Kier molecular flexibility index (Phi) is 14.4. The van der Waals surface area contributed by atoms with E-state index in [1.165, 1.54) is 0 Å². The Morgan fingerprint density at radius 2 is 1.54 bits per heavy atom. The van der Waals surface area contributed by atoms with E-state index < -0.39 is 45.7 Å². The van der Waals surface area contributed by atoms with E-state index in [1.807, 2.05) is 20.8 Å². The van der Waals surface area contributed by atoms with Gasteiger partial charge in [0, 0.05) is 30.6 Å². The van der Waals surface area contributed by atoms with Crippen molar-refractivity contribution in [2.24, 2.45) is 0 Å². The summed E-state index contributed by atoms with van der Waals surface area (Å²) in [5.41, 5.74) is -0.990. The maximum Gasteiger partial charge on any atom is 0.437 e. The second-order valence-corrected chi connectivity index (χ2v) is 16.5. The molecule has 0 spiro atoms. The number of hydroxylamine groups is 4. The molecule has 0 unspecified atom stereocenters. The third-order valence-electron chi connectivity index (χ3n) is 10.2. The van der Waals surface area contributed by atoms with Gasteiger partial charge >= 0.3 is 22.5 Å². The van der Waals surface area contributed by atoms with Crippen LogP contribution in [0.15, 0.2) is 4.42 Å². The van der Waals surface area contributed by atoms with Crippen molar-refractivity contribution in [3.8, 4) is 0 Å². The molecule has 3 aliphatic rings. The molecule has 14 nitrogen and oxygen atoms in total. The van der Waals surface area contributed by atoms with Gasteiger partial charge in [0.15, 0.2) is 0 Å². The summed E-state index contributed by atoms with van der Waals surface area (Å²) >= 11 is 0. The monoisotopic (exact) mass is 726 g/mol. The first-order chi connectivity index (χ1) is 23.7. The predicted octanol–water partition coefficient (Wildman–Crippen LogP) is 7.69. The smallest absolute Gasteiger partial charge is 0.437 e. The predicted molar refractivity (Wildman–Crippen MR) is 188 cm³/mol. The molecule has 0 aromatic carbocycles. The molecule has 2 aliphatic heterocycles. The van der Waals surface area contributed by atoms with E-state index in [-0.39, 0.29) is 18.5 Å². The number of carbonyl (C=O) groups is 2. The van der Waals surface area contributed by atoms with Gasteiger partial charge in [-0.2, -0.15) is 22.8 Å². The number of rotatable bonds is 19. The van der Waals surface area contributed by atoms with Crippen LogP contribution in [0.4, 0.5) is 9.59 Å². The lowest BCUT2D eigenvalue weighted by Crippen LogP contribution is -2.51. The number of hydrogen-bond donors (Lipinski definition) is 1. The van der Waals surface area contributed by atoms with Gasteiger partial charge in [-0.1, -0.05) is 66.2 Å². The van der Waals surface area contributed by atoms with Gasteiger partial charge in [0.1, 0.15) is 11.6 Å². The zero-order valence-electron chi connectivity index (χ0n) is 31.4. The Morgan fingerprint density at radius 3 is 2.14 bits per heavy atom. The molecule has 15 heteroatoms. The van der Waals surface area contributed by atoms with Crippen LogP contribution in [-0.4, -0.2) is 82.1 Å². The van der Waals surface area contributed by atoms with Crippen LogP contribution in [0, 0.1) is 0 Å². The van der Waals surface area contributed by atoms with Gasteiger partial charge in [0.05, 0.1) is 6.04 Å². The Labute approximate surface area is 299 Å². The minimum Gasteiger partial charge on any atom is -0.444 e. The molecule has 2 bridgehead atoms. The van der Waals surface area contributed by atoms with Crippen LogP contribution in [0.5, 0.6) is 0 Å². The molecule has 2 saturated heterocycles. The number of alkyl carbamates (subject to hydrolysis) is 1. The first-order valence-corrected chi connectivity index (χ1v) is 20.4. The van der Waals surface area contributed by atoms with E-state index in [0.29, 0.717) is 31.2 Å². The third kappa shape index (κ3) is 10.5. The lowest BCUT2D eigenvalue weighted by Gasteiger charge is -2.43. The normalized spacial score (nSPS) is 23.2. The number of aromatic nitrogens is 2. The Bertz CT molecular complexity index is 1330. The van der Waals surface area contributed by atoms with Crippen LogP contribution < -0.4 is 5.32 Å². The van der Waals surface area contributed by atoms with Crippen molar-refractivity contribution in [1.29, 1.82) is 0 Å². The van der Waals surface area contributed by atoms with E-state index in [9.17, 15) is 18.0 Å². The van der Waals surface area contributed by atoms with Crippen molar-refractivity contribution >= 4 is 22.5 Å². The highest BCUT2D eigenvalue weighted by atomic mass is 32.3. The lowest BCUT2D eigenvalue weighted by atomic mass is 9.82. The summed E-state index contributed by atoms with van der Waals surface area (Å²) in [6.45, 7) is 14.7. The maximum atomic E-state index is 13.7. The Balaban J connectivity index is 1.40. The number of fused-ring (bicyclic) bond motifs is 2. The van der Waals surface area contributed by atoms with Crippen molar-refractivity contribution < 1.29 is 35.7 Å². The zero-order chi connectivity index (χ0) is 36.5. The first kappa shape index (κ1) is 40.3. The van der Waals surface area contributed by atoms with E-state index in [2.05, 4.69) is 43.2 Å². The number of urea groups is 1. The molecule has 1 N–H and O–H groups in total. The molecule has 286 valence electrons. The highest BCUT2D eigenvalue weighted by molar-refractivity contribution is 7.81. The minimum absolute atomic E-state index is 0.0155. The molecule has 50 heavy (non-hydrogen) atoms. The van der Waals surface area contributed by atoms with Crippen LogP contribution in [0.3, 0.4) is 0 Å². The number of ether oxygens (including phenoxy) is 1. The third-order valence-corrected chi connectivity index (χ3v) is 10.9. The summed E-state index contributed by atoms with van der Waals surface area (Å²) in [5.74, 6) is 0.900. The average Bonchev–Trinajstić information content (AvgIpc) is 3.64. The first-order valence-electron chi connectivity index (χ1n) is 19.1. The van der Waals surface area contributed by atoms with Crippen LogP contribution >= 0.6 is 0 Å². The van der Waals surface area contributed by atoms with Crippen LogP contribution in [0.25, 0.3) is 0 Å². The average molecular weight is 727 g/mol. The van der Waals surface area contributed by atoms with Crippen molar-refractivity contribution in [3.63, 3.8) is 0 Å². The topological polar surface area (TPSA) is 157 Å². The van der Waals surface area contributed by atoms with Crippen LogP contribution in [0.1, 0.15) is 175 Å². The van der Waals surface area contributed by atoms with Crippen molar-refractivity contribution in [2.75, 3.05) is 13.1 Å². The molecule has 1 aromatic heterocycles. The SMILES string of the molecule is CCCCN(OS(=O)(=O)ON1C(=O)N2C[C@H]1CC[C@H]2c1nnc([C@H]2CC[C@H](NC(=O)OC(C)(C)C)CC2)o1)C(CCC)(CCCC)CCCC. The highest BCUT2D eigenvalue weighted by Gasteiger charge is 2.50. The molecular formula is C35H62N6O8S. The molecule has 2 atom stereocenters. The zero-order valence-corrected chi connectivity index (χ0v) is 32.3. The van der Waals surface area contributed by atoms with Gasteiger partial charge in [-0.25, -0.2) is 9.59 Å². The summed E-state index contributed by atoms with van der Waals surface area (Å²) < 4.78 is 50.1. The second kappa shape index (κ2) is 17.8. The molecule has 1 saturated carbocycles. The summed E-state index contributed by atoms with van der Waals surface area (Å²) in [6.07, 6.45) is 12.6. The number of carbonyl (C=O) groups excluding carboxylic acids is 2. The second-order valence-electron chi connectivity index (χ2n) is 15.4. The quantitative estimate of drug-likeness (QED) is 0.139. The molecule has 3 fully saturated rings. The van der Waals surface area contributed by atoms with E-state index in [1.54, 1.807) is 9.96 Å². The molecule has 3 amide bonds. The number of nitrogens with zero attached hydrogens (tertiary/aromatic N) is 5. The lowest BCUT2D eigenvalue weighted by molar-refractivity contribution is -0.172. The number of unbranched alkanes of at least 4 members (excludes halogenated alkanes) is 3. The molecule has 0 radical (unpaired) electrons. The molecule has 1 aliphatic carbocycles. The highest BCUT2D eigenvalue weighted by Crippen LogP contribution is 2.41. The Morgan fingerprint density at radius 1 is 0.900 bits per heavy atom. The van der Waals surface area contributed by atoms with Gasteiger partial charge in [-0.3, -0.25) is 0 Å². The van der Waals surface area contributed by atoms with Gasteiger partial charge < -0.3 is 19.4 Å². The number of hydrogen-bond acceptors (Lipinski definition) is 11.